The van der Waals surface area contributed by atoms with Crippen LogP contribution < -0.4 is 5.32 Å². The molecule has 13 heteroatoms. The molecule has 0 heterocycles. The zero-order chi connectivity index (χ0) is 22.6. The van der Waals surface area contributed by atoms with Crippen LogP contribution in [0.5, 0.6) is 0 Å². The highest BCUT2D eigenvalue weighted by molar-refractivity contribution is 7.54. The van der Waals surface area contributed by atoms with E-state index >= 15 is 0 Å². The van der Waals surface area contributed by atoms with E-state index in [2.05, 4.69) is 0 Å². The lowest BCUT2D eigenvalue weighted by Gasteiger charge is -2.30. The Kier molecular flexibility index (Phi) is 10.3. The van der Waals surface area contributed by atoms with E-state index in [-0.39, 0.29) is 10.6 Å². The van der Waals surface area contributed by atoms with Gasteiger partial charge in [0.2, 0.25) is 9.64 Å². The summed E-state index contributed by atoms with van der Waals surface area (Å²) in [6.07, 6.45) is -4.25. The number of alkyl halides is 3. The number of ether oxygens (including phenoxy) is 1. The van der Waals surface area contributed by atoms with Crippen molar-refractivity contribution in [2.75, 3.05) is 0 Å². The molecule has 1 rings (SSSR count). The van der Waals surface area contributed by atoms with Gasteiger partial charge in [0.05, 0.1) is 12.2 Å². The number of amides is 1. The second kappa shape index (κ2) is 11.1. The van der Waals surface area contributed by atoms with Crippen LogP contribution in [0.3, 0.4) is 0 Å². The zero-order valence-corrected chi connectivity index (χ0v) is 20.5. The molecule has 0 aliphatic carbocycles. The van der Waals surface area contributed by atoms with E-state index < -0.39 is 41.8 Å². The second-order valence-electron chi connectivity index (χ2n) is 6.36. The van der Waals surface area contributed by atoms with Crippen molar-refractivity contribution in [1.29, 1.82) is 0 Å². The molecule has 1 aromatic carbocycles. The summed E-state index contributed by atoms with van der Waals surface area (Å²) in [5.41, 5.74) is 0.110. The van der Waals surface area contributed by atoms with Crippen molar-refractivity contribution in [3.8, 4) is 0 Å². The van der Waals surface area contributed by atoms with Crippen molar-refractivity contribution < 1.29 is 28.3 Å². The lowest BCUT2D eigenvalue weighted by Crippen LogP contribution is -2.44. The van der Waals surface area contributed by atoms with Crippen molar-refractivity contribution in [2.24, 2.45) is 0 Å². The number of halogens is 5. The van der Waals surface area contributed by atoms with Gasteiger partial charge in [-0.2, -0.15) is 0 Å². The van der Waals surface area contributed by atoms with Crippen LogP contribution in [0.15, 0.2) is 18.2 Å². The van der Waals surface area contributed by atoms with Gasteiger partial charge in [0.1, 0.15) is 0 Å². The molecule has 1 amide bonds. The van der Waals surface area contributed by atoms with E-state index in [1.54, 1.807) is 27.7 Å². The third kappa shape index (κ3) is 8.60. The number of benzene rings is 1. The molecule has 2 N–H and O–H groups in total. The zero-order valence-electron chi connectivity index (χ0n) is 15.9. The van der Waals surface area contributed by atoms with Gasteiger partial charge in [-0.15, -0.1) is 0 Å². The van der Waals surface area contributed by atoms with Crippen molar-refractivity contribution >= 4 is 71.7 Å². The Bertz CT molecular complexity index is 744. The summed E-state index contributed by atoms with van der Waals surface area (Å²) in [6.45, 7) is 6.51. The summed E-state index contributed by atoms with van der Waals surface area (Å²) in [5, 5.41) is 12.0. The number of rotatable bonds is 8. The monoisotopic (exact) mass is 529 g/mol. The summed E-state index contributed by atoms with van der Waals surface area (Å²) >= 11 is 28.7. The fraction of sp³-hybridized carbons (Fsp3) is 0.562. The van der Waals surface area contributed by atoms with Crippen LogP contribution in [0.2, 0.25) is 10.0 Å². The molecular formula is C16H21Cl5NO6P. The van der Waals surface area contributed by atoms with Gasteiger partial charge in [0.15, 0.2) is 6.23 Å². The maximum atomic E-state index is 13.6. The highest BCUT2D eigenvalue weighted by Crippen LogP contribution is 2.64. The van der Waals surface area contributed by atoms with E-state index in [4.69, 9.17) is 71.8 Å². The molecule has 0 aliphatic rings. The van der Waals surface area contributed by atoms with Gasteiger partial charge in [0.25, 0.3) is 0 Å². The van der Waals surface area contributed by atoms with E-state index in [0.29, 0.717) is 5.02 Å². The van der Waals surface area contributed by atoms with Gasteiger partial charge in [0, 0.05) is 15.6 Å². The number of hydrogen-bond donors (Lipinski definition) is 2. The molecule has 0 radical (unpaired) electrons. The Balaban J connectivity index is 3.37. The van der Waals surface area contributed by atoms with Gasteiger partial charge >= 0.3 is 13.7 Å². The Morgan fingerprint density at radius 3 is 2.03 bits per heavy atom. The molecule has 2 unspecified atom stereocenters. The molecule has 0 saturated carbocycles. The first-order chi connectivity index (χ1) is 13.2. The third-order valence-electron chi connectivity index (χ3n) is 3.01. The second-order valence-corrected chi connectivity index (χ2v) is 11.5. The minimum atomic E-state index is -4.13. The topological polar surface area (TPSA) is 94.1 Å². The number of aliphatic hydroxyl groups is 1. The smallest absolute Gasteiger partial charge is 0.410 e. The van der Waals surface area contributed by atoms with Crippen LogP contribution in [0, 0.1) is 0 Å². The van der Waals surface area contributed by atoms with E-state index in [1.807, 2.05) is 5.32 Å². The Hall–Kier alpha value is 0.0500. The van der Waals surface area contributed by atoms with Crippen LogP contribution in [0.1, 0.15) is 39.1 Å². The molecule has 0 saturated heterocycles. The average molecular weight is 532 g/mol. The van der Waals surface area contributed by atoms with Crippen LogP contribution in [0.4, 0.5) is 4.79 Å². The number of nitrogens with one attached hydrogen (secondary N) is 1. The van der Waals surface area contributed by atoms with Gasteiger partial charge < -0.3 is 18.9 Å². The van der Waals surface area contributed by atoms with Gasteiger partial charge in [-0.25, -0.2) is 4.79 Å². The molecule has 0 aromatic heterocycles. The van der Waals surface area contributed by atoms with E-state index in [1.165, 1.54) is 18.2 Å². The number of aliphatic hydroxyl groups excluding tert-OH is 1. The van der Waals surface area contributed by atoms with Crippen molar-refractivity contribution in [1.82, 2.24) is 5.32 Å². The molecule has 29 heavy (non-hydrogen) atoms. The predicted molar refractivity (Wildman–Crippen MR) is 115 cm³/mol. The minimum absolute atomic E-state index is 0.0529. The largest absolute Gasteiger partial charge is 0.428 e. The van der Waals surface area contributed by atoms with Gasteiger partial charge in [-0.1, -0.05) is 64.1 Å². The molecule has 166 valence electrons. The fourth-order valence-electron chi connectivity index (χ4n) is 2.05. The first-order valence-electron chi connectivity index (χ1n) is 8.29. The molecular weight excluding hydrogens is 510 g/mol. The maximum absolute atomic E-state index is 13.6. The maximum Gasteiger partial charge on any atom is 0.410 e. The van der Waals surface area contributed by atoms with Crippen molar-refractivity contribution in [3.63, 3.8) is 0 Å². The first kappa shape index (κ1) is 27.1. The lowest BCUT2D eigenvalue weighted by atomic mass is 10.2. The Morgan fingerprint density at radius 1 is 1.10 bits per heavy atom. The summed E-state index contributed by atoms with van der Waals surface area (Å²) < 4.78 is 27.7. The first-order valence-corrected chi connectivity index (χ1v) is 11.8. The lowest BCUT2D eigenvalue weighted by molar-refractivity contribution is 0.0640. The van der Waals surface area contributed by atoms with Gasteiger partial charge in [-0.3, -0.25) is 9.88 Å². The average Bonchev–Trinajstić information content (AvgIpc) is 2.50. The van der Waals surface area contributed by atoms with Crippen LogP contribution in [-0.4, -0.2) is 33.4 Å². The molecule has 2 atom stereocenters. The molecule has 7 nitrogen and oxygen atoms in total. The van der Waals surface area contributed by atoms with Crippen LogP contribution in [-0.2, 0) is 18.3 Å². The summed E-state index contributed by atoms with van der Waals surface area (Å²) in [7, 11) is -4.13. The fourth-order valence-corrected chi connectivity index (χ4v) is 5.04. The van der Waals surface area contributed by atoms with Crippen molar-refractivity contribution in [3.05, 3.63) is 33.8 Å². The standard InChI is InChI=1S/C16H21Cl5NO6P/c1-8(2)27-29(25,28-9(3)4)13(11-6-5-10(17)7-12(11)18)26-15(24)22-14(23)16(19,20)21/h5-9,13-14,23H,1-4H3,(H,22,24). The Morgan fingerprint density at radius 2 is 1.62 bits per heavy atom. The van der Waals surface area contributed by atoms with Crippen LogP contribution in [0.25, 0.3) is 0 Å². The molecule has 0 aliphatic heterocycles. The number of carbonyl (C=O) groups is 1. The summed E-state index contributed by atoms with van der Waals surface area (Å²) in [4.78, 5) is 12.3. The predicted octanol–water partition coefficient (Wildman–Crippen LogP) is 6.45. The highest BCUT2D eigenvalue weighted by atomic mass is 35.6. The van der Waals surface area contributed by atoms with Crippen LogP contribution >= 0.6 is 65.6 Å². The molecule has 1 aromatic rings. The normalized spacial score (nSPS) is 14.8. The molecule has 0 spiro atoms. The summed E-state index contributed by atoms with van der Waals surface area (Å²) in [6, 6.07) is 4.24. The van der Waals surface area contributed by atoms with E-state index in [9.17, 15) is 14.5 Å². The summed E-state index contributed by atoms with van der Waals surface area (Å²) in [5.74, 6) is -1.60. The molecule has 0 fully saturated rings. The van der Waals surface area contributed by atoms with E-state index in [0.717, 1.165) is 0 Å². The van der Waals surface area contributed by atoms with Gasteiger partial charge in [-0.05, 0) is 39.8 Å². The number of carbonyl (C=O) groups excluding carboxylic acids is 1. The molecule has 0 bridgehead atoms. The minimum Gasteiger partial charge on any atom is -0.428 e. The SMILES string of the molecule is CC(C)OP(=O)(OC(C)C)C(OC(=O)NC(O)C(Cl)(Cl)Cl)c1ccc(Cl)cc1Cl. The third-order valence-corrected chi connectivity index (χ3v) is 6.59. The quantitative estimate of drug-likeness (QED) is 0.228. The Labute approximate surface area is 194 Å². The highest BCUT2D eigenvalue weighted by Gasteiger charge is 2.44. The number of hydrogen-bond acceptors (Lipinski definition) is 6. The number of alkyl carbamates (subject to hydrolysis) is 1. The van der Waals surface area contributed by atoms with Crippen molar-refractivity contribution in [2.45, 2.75) is 55.8 Å².